The monoisotopic (exact) mass is 1350 g/mol. The molecular weight excluding hydrogens is 1280 g/mol. The molecule has 30 heteroatoms. The maximum absolute atomic E-state index is 12.9. The van der Waals surface area contributed by atoms with Gasteiger partial charge in [-0.3, -0.25) is 28.8 Å². The molecule has 14 N–H and O–H groups in total. The van der Waals surface area contributed by atoms with Gasteiger partial charge in [0, 0.05) is 86.6 Å². The van der Waals surface area contributed by atoms with Crippen LogP contribution >= 0.6 is 46.2 Å². The van der Waals surface area contributed by atoms with Crippen molar-refractivity contribution in [2.75, 3.05) is 62.4 Å². The zero-order valence-electron chi connectivity index (χ0n) is 50.2. The average molecular weight is 1350 g/mol. The first-order valence-electron chi connectivity index (χ1n) is 29.4. The lowest BCUT2D eigenvalue weighted by molar-refractivity contribution is -0.310. The highest BCUT2D eigenvalue weighted by atomic mass is 32.2. The number of hydrogen-bond donors (Lipinski definition) is 14. The van der Waals surface area contributed by atoms with Gasteiger partial charge < -0.3 is 91.7 Å². The molecule has 0 aliphatic carbocycles. The molecule has 498 valence electrons. The predicted octanol–water partition coefficient (Wildman–Crippen LogP) is 2.06. The molecule has 0 saturated carbocycles. The summed E-state index contributed by atoms with van der Waals surface area (Å²) < 4.78 is 23.1. The van der Waals surface area contributed by atoms with E-state index < -0.39 is 146 Å². The number of hydrogen-bond acceptors (Lipinski definition) is 22. The highest BCUT2D eigenvalue weighted by Gasteiger charge is 2.57. The van der Waals surface area contributed by atoms with Crippen molar-refractivity contribution >= 4 is 93.6 Å². The quantitative estimate of drug-likeness (QED) is 0.0262. The van der Waals surface area contributed by atoms with Crippen molar-refractivity contribution in [3.8, 4) is 22.3 Å². The Balaban J connectivity index is 0.771. The Bertz CT molecular complexity index is 3030. The molecule has 12 atom stereocenters. The van der Waals surface area contributed by atoms with Crippen LogP contribution in [0.25, 0.3) is 22.3 Å². The van der Waals surface area contributed by atoms with E-state index in [1.165, 1.54) is 70.5 Å². The van der Waals surface area contributed by atoms with Crippen molar-refractivity contribution in [3.05, 3.63) is 129 Å². The minimum atomic E-state index is -2.49. The lowest BCUT2D eigenvalue weighted by Gasteiger charge is -2.46. The average Bonchev–Trinajstić information content (AvgIpc) is 0.905. The number of carbonyl (C=O) groups is 8. The van der Waals surface area contributed by atoms with Gasteiger partial charge in [0.1, 0.15) is 24.4 Å². The molecule has 0 spiro atoms. The number of aliphatic carboxylic acids is 2. The van der Waals surface area contributed by atoms with Crippen LogP contribution in [0, 0.1) is 0 Å². The van der Waals surface area contributed by atoms with Crippen LogP contribution in [-0.4, -0.2) is 223 Å². The summed E-state index contributed by atoms with van der Waals surface area (Å²) in [5, 5.41) is 111. The van der Waals surface area contributed by atoms with Gasteiger partial charge in [-0.05, 0) is 129 Å². The Morgan fingerprint density at radius 2 is 0.848 bits per heavy atom. The number of benzene rings is 3. The van der Waals surface area contributed by atoms with Crippen LogP contribution in [0.2, 0.25) is 0 Å². The number of carboxylic acids is 2. The molecule has 26 nitrogen and oxygen atoms in total. The molecule has 2 aliphatic rings. The largest absolute Gasteiger partial charge is 0.477 e. The van der Waals surface area contributed by atoms with Gasteiger partial charge in [-0.25, -0.2) is 9.59 Å². The smallest absolute Gasteiger partial charge is 0.364 e. The van der Waals surface area contributed by atoms with Crippen LogP contribution in [0.1, 0.15) is 81.0 Å². The van der Waals surface area contributed by atoms with E-state index in [0.29, 0.717) is 47.0 Å². The summed E-state index contributed by atoms with van der Waals surface area (Å²) in [5.74, 6) is -9.60. The minimum absolute atomic E-state index is 0.182. The van der Waals surface area contributed by atoms with Crippen LogP contribution in [0.4, 0.5) is 0 Å². The lowest BCUT2D eigenvalue weighted by Crippen LogP contribution is -2.68. The van der Waals surface area contributed by atoms with E-state index in [1.54, 1.807) is 48.5 Å². The molecular formula is C62H76N6O20S4. The third-order valence-electron chi connectivity index (χ3n) is 15.0. The Morgan fingerprint density at radius 3 is 1.16 bits per heavy atom. The zero-order valence-corrected chi connectivity index (χ0v) is 53.4. The molecule has 3 aromatic carbocycles. The number of rotatable bonds is 34. The molecule has 0 radical (unpaired) electrons. The number of thiophene rings is 2. The van der Waals surface area contributed by atoms with Crippen molar-refractivity contribution in [2.45, 2.75) is 112 Å². The van der Waals surface area contributed by atoms with Crippen molar-refractivity contribution < 1.29 is 98.2 Å². The third kappa shape index (κ3) is 20.1. The summed E-state index contributed by atoms with van der Waals surface area (Å²) in [5.41, 5.74) is 4.91. The fraction of sp³-hybridized carbons (Fsp3) is 0.452. The van der Waals surface area contributed by atoms with Crippen LogP contribution in [0.5, 0.6) is 0 Å². The molecule has 2 aromatic heterocycles. The molecule has 7 rings (SSSR count). The first kappa shape index (κ1) is 72.5. The van der Waals surface area contributed by atoms with Crippen molar-refractivity contribution in [2.24, 2.45) is 0 Å². The summed E-state index contributed by atoms with van der Waals surface area (Å²) in [7, 11) is 0. The van der Waals surface area contributed by atoms with Gasteiger partial charge in [-0.2, -0.15) is 46.2 Å². The first-order chi connectivity index (χ1) is 44.0. The van der Waals surface area contributed by atoms with Gasteiger partial charge in [-0.15, -0.1) is 0 Å². The highest BCUT2D eigenvalue weighted by Crippen LogP contribution is 2.36. The number of nitrogens with one attached hydrogen (secondary N) is 6. The first-order valence-corrected chi connectivity index (χ1v) is 33.6. The number of carboxylic acid groups (broad SMARTS) is 2. The van der Waals surface area contributed by atoms with E-state index in [9.17, 15) is 79.2 Å². The van der Waals surface area contributed by atoms with Gasteiger partial charge in [0.25, 0.3) is 35.2 Å². The third-order valence-corrected chi connectivity index (χ3v) is 18.5. The maximum atomic E-state index is 12.9. The van der Waals surface area contributed by atoms with Crippen LogP contribution < -0.4 is 31.9 Å². The SMILES string of the molecule is CC(=O)N[C@H]1[C@H]([C@H](O)[C@H](O)CNC(=O)c2ccc(-c3ccsc3)cc2)O[C@@](OCCCSCCNC(=O)c2ccc(C(=O)NCCSCCCO[C@]3(C(=O)O)C[C@H](O)[C@@H](NC(C)=O)[C@H]([C@H](O)[C@@H](O)CNC(=O)c4ccc(-c5ccsc5)cc4)O3)cc2)(C(=O)O)C[C@@H]1O. The molecule has 2 saturated heterocycles. The zero-order chi connectivity index (χ0) is 66.5. The van der Waals surface area contributed by atoms with E-state index in [1.807, 2.05) is 33.7 Å². The Labute approximate surface area is 546 Å². The number of ether oxygens (including phenoxy) is 4. The summed E-state index contributed by atoms with van der Waals surface area (Å²) in [4.78, 5) is 101. The molecule has 6 amide bonds. The fourth-order valence-corrected chi connectivity index (χ4v) is 13.0. The minimum Gasteiger partial charge on any atom is -0.477 e. The summed E-state index contributed by atoms with van der Waals surface area (Å²) in [6.45, 7) is 1.44. The second kappa shape index (κ2) is 34.9. The van der Waals surface area contributed by atoms with Gasteiger partial charge in [0.2, 0.25) is 11.8 Å². The Morgan fingerprint density at radius 1 is 0.511 bits per heavy atom. The van der Waals surface area contributed by atoms with Crippen molar-refractivity contribution in [3.63, 3.8) is 0 Å². The number of aliphatic hydroxyl groups is 6. The van der Waals surface area contributed by atoms with E-state index in [-0.39, 0.29) is 37.4 Å². The van der Waals surface area contributed by atoms with Gasteiger partial charge >= 0.3 is 11.9 Å². The standard InChI is InChI=1S/C62H76N6O20S4/c1-35(69)67-49-45(71)29-61(59(81)82,87-53(49)51(75)47(73)31-65-57(79)41-9-5-37(6-10-41)43-17-25-91-33-43)85-21-3-23-89-27-19-63-55(77)39-13-15-40(16-14-39)56(78)64-20-28-90-24-4-22-86-62(60(83)84)30-46(72)50(68-36(2)70)54(88-62)52(76)48(74)32-66-58(80)42-11-7-38(8-12-42)44-18-26-92-34-44/h5-18,25-26,33-34,45-54,71-76H,3-4,19-24,27-32H2,1-2H3,(H,63,77)(H,64,78)(H,65,79)(H,66,80)(H,67,69)(H,68,70)(H,81,82)(H,83,84)/t45-,46-,47-,48+,49+,50+,51+,52+,53+,54+,61+,62+/m0/s1. The topological polar surface area (TPSA) is 408 Å². The second-order valence-electron chi connectivity index (χ2n) is 21.7. The number of aliphatic hydroxyl groups excluding tert-OH is 6. The van der Waals surface area contributed by atoms with E-state index in [4.69, 9.17) is 18.9 Å². The van der Waals surface area contributed by atoms with Gasteiger partial charge in [0.15, 0.2) is 0 Å². The number of amides is 6. The van der Waals surface area contributed by atoms with E-state index >= 15 is 0 Å². The van der Waals surface area contributed by atoms with E-state index in [2.05, 4.69) is 31.9 Å². The number of thioether (sulfide) groups is 2. The molecule has 0 bridgehead atoms. The van der Waals surface area contributed by atoms with Gasteiger partial charge in [0.05, 0.1) is 49.7 Å². The van der Waals surface area contributed by atoms with Crippen molar-refractivity contribution in [1.29, 1.82) is 0 Å². The van der Waals surface area contributed by atoms with Gasteiger partial charge in [-0.1, -0.05) is 24.3 Å². The predicted molar refractivity (Wildman–Crippen MR) is 342 cm³/mol. The van der Waals surface area contributed by atoms with Crippen LogP contribution in [-0.2, 0) is 38.1 Å². The molecule has 4 heterocycles. The second-order valence-corrected chi connectivity index (χ2v) is 25.7. The molecule has 2 fully saturated rings. The fourth-order valence-electron chi connectivity index (χ4n) is 10.1. The van der Waals surface area contributed by atoms with Crippen LogP contribution in [0.3, 0.4) is 0 Å². The van der Waals surface area contributed by atoms with Crippen molar-refractivity contribution in [1.82, 2.24) is 31.9 Å². The van der Waals surface area contributed by atoms with Crippen LogP contribution in [0.15, 0.2) is 106 Å². The molecule has 0 unspecified atom stereocenters. The summed E-state index contributed by atoms with van der Waals surface area (Å²) >= 11 is 5.90. The molecule has 5 aromatic rings. The maximum Gasteiger partial charge on any atom is 0.364 e. The highest BCUT2D eigenvalue weighted by molar-refractivity contribution is 7.99. The normalized spacial score (nSPS) is 22.6. The van der Waals surface area contributed by atoms with E-state index in [0.717, 1.165) is 36.1 Å². The number of carbonyl (C=O) groups excluding carboxylic acids is 6. The molecule has 92 heavy (non-hydrogen) atoms. The molecule has 2 aliphatic heterocycles. The Kier molecular flexibility index (Phi) is 27.5. The summed E-state index contributed by atoms with van der Waals surface area (Å²) in [6, 6.07) is 20.6. The lowest BCUT2D eigenvalue weighted by atomic mass is 9.88. The summed E-state index contributed by atoms with van der Waals surface area (Å²) in [6.07, 6.45) is -14.6. The Hall–Kier alpha value is -6.88.